The minimum atomic E-state index is -0.352. The molecule has 0 aliphatic rings. The summed E-state index contributed by atoms with van der Waals surface area (Å²) in [4.78, 5) is 10.9. The Morgan fingerprint density at radius 3 is 2.69 bits per heavy atom. The molecule has 0 saturated heterocycles. The number of rotatable bonds is 5. The molecule has 1 rings (SSSR count). The normalized spacial score (nSPS) is 14.2. The smallest absolute Gasteiger partial charge is 0.234 e. The number of carbonyl (C=O) groups is 1. The van der Waals surface area contributed by atoms with Crippen LogP contribution in [0.2, 0.25) is 0 Å². The lowest BCUT2D eigenvalue weighted by atomic mass is 10.1. The van der Waals surface area contributed by atoms with Gasteiger partial charge in [0.1, 0.15) is 5.75 Å². The quantitative estimate of drug-likeness (QED) is 0.787. The summed E-state index contributed by atoms with van der Waals surface area (Å²) in [5.41, 5.74) is 6.25. The standard InChI is InChI=1S/C12H18N2O2/c1-8(14-9(2)12(13)15)10-5-4-6-11(7-10)16-3/h4-9,14H,1-3H3,(H2,13,15). The summed E-state index contributed by atoms with van der Waals surface area (Å²) < 4.78 is 5.14. The maximum absolute atomic E-state index is 10.9. The fourth-order valence-electron chi connectivity index (χ4n) is 1.46. The molecule has 1 amide bonds. The second-order valence-corrected chi connectivity index (χ2v) is 3.79. The van der Waals surface area contributed by atoms with Gasteiger partial charge in [-0.1, -0.05) is 12.1 Å². The summed E-state index contributed by atoms with van der Waals surface area (Å²) in [7, 11) is 1.63. The first kappa shape index (κ1) is 12.5. The average molecular weight is 222 g/mol. The molecule has 4 heteroatoms. The van der Waals surface area contributed by atoms with Crippen LogP contribution < -0.4 is 15.8 Å². The zero-order valence-corrected chi connectivity index (χ0v) is 9.86. The van der Waals surface area contributed by atoms with Crippen molar-refractivity contribution in [3.63, 3.8) is 0 Å². The number of methoxy groups -OCH3 is 1. The van der Waals surface area contributed by atoms with Gasteiger partial charge in [-0.2, -0.15) is 0 Å². The van der Waals surface area contributed by atoms with Gasteiger partial charge in [0.2, 0.25) is 5.91 Å². The fraction of sp³-hybridized carbons (Fsp3) is 0.417. The Morgan fingerprint density at radius 2 is 2.12 bits per heavy atom. The SMILES string of the molecule is COc1cccc(C(C)NC(C)C(N)=O)c1. The van der Waals surface area contributed by atoms with Crippen molar-refractivity contribution in [1.29, 1.82) is 0 Å². The molecule has 0 fully saturated rings. The zero-order valence-electron chi connectivity index (χ0n) is 9.86. The predicted molar refractivity (Wildman–Crippen MR) is 63.2 cm³/mol. The van der Waals surface area contributed by atoms with E-state index in [0.717, 1.165) is 11.3 Å². The first-order valence-corrected chi connectivity index (χ1v) is 5.24. The first-order valence-electron chi connectivity index (χ1n) is 5.24. The summed E-state index contributed by atoms with van der Waals surface area (Å²) >= 11 is 0. The first-order chi connectivity index (χ1) is 7.54. The van der Waals surface area contributed by atoms with Crippen molar-refractivity contribution in [3.8, 4) is 5.75 Å². The van der Waals surface area contributed by atoms with Crippen LogP contribution in [0.5, 0.6) is 5.75 Å². The Bertz CT molecular complexity index is 366. The lowest BCUT2D eigenvalue weighted by Gasteiger charge is -2.18. The van der Waals surface area contributed by atoms with Crippen molar-refractivity contribution >= 4 is 5.91 Å². The number of ether oxygens (including phenoxy) is 1. The van der Waals surface area contributed by atoms with Crippen LogP contribution in [0.4, 0.5) is 0 Å². The van der Waals surface area contributed by atoms with Crippen molar-refractivity contribution in [1.82, 2.24) is 5.32 Å². The molecule has 0 aliphatic heterocycles. The van der Waals surface area contributed by atoms with Gasteiger partial charge in [0.15, 0.2) is 0 Å². The lowest BCUT2D eigenvalue weighted by molar-refractivity contribution is -0.119. The number of hydrogen-bond donors (Lipinski definition) is 2. The minimum Gasteiger partial charge on any atom is -0.497 e. The van der Waals surface area contributed by atoms with Crippen LogP contribution in [0.1, 0.15) is 25.5 Å². The van der Waals surface area contributed by atoms with E-state index in [-0.39, 0.29) is 18.0 Å². The highest BCUT2D eigenvalue weighted by atomic mass is 16.5. The molecule has 1 aromatic carbocycles. The summed E-state index contributed by atoms with van der Waals surface area (Å²) in [6.07, 6.45) is 0. The van der Waals surface area contributed by atoms with E-state index >= 15 is 0 Å². The Kier molecular flexibility index (Phi) is 4.31. The van der Waals surface area contributed by atoms with Crippen molar-refractivity contribution in [2.45, 2.75) is 25.9 Å². The molecule has 0 heterocycles. The highest BCUT2D eigenvalue weighted by Gasteiger charge is 2.13. The van der Waals surface area contributed by atoms with Crippen molar-refractivity contribution in [2.24, 2.45) is 5.73 Å². The van der Waals surface area contributed by atoms with Crippen LogP contribution in [0.15, 0.2) is 24.3 Å². The molecule has 2 atom stereocenters. The maximum Gasteiger partial charge on any atom is 0.234 e. The van der Waals surface area contributed by atoms with Crippen LogP contribution in [0.25, 0.3) is 0 Å². The monoisotopic (exact) mass is 222 g/mol. The third-order valence-electron chi connectivity index (χ3n) is 2.52. The molecule has 0 radical (unpaired) electrons. The van der Waals surface area contributed by atoms with Gasteiger partial charge >= 0.3 is 0 Å². The van der Waals surface area contributed by atoms with Gasteiger partial charge in [0, 0.05) is 6.04 Å². The van der Waals surface area contributed by atoms with Crippen molar-refractivity contribution in [3.05, 3.63) is 29.8 Å². The van der Waals surface area contributed by atoms with E-state index in [1.807, 2.05) is 31.2 Å². The number of nitrogens with two attached hydrogens (primary N) is 1. The molecular formula is C12H18N2O2. The number of benzene rings is 1. The number of primary amides is 1. The number of amides is 1. The van der Waals surface area contributed by atoms with Crippen LogP contribution in [-0.2, 0) is 4.79 Å². The summed E-state index contributed by atoms with van der Waals surface area (Å²) in [5, 5.41) is 3.12. The fourth-order valence-corrected chi connectivity index (χ4v) is 1.46. The second kappa shape index (κ2) is 5.51. The van der Waals surface area contributed by atoms with E-state index in [1.165, 1.54) is 0 Å². The van der Waals surface area contributed by atoms with Crippen LogP contribution in [0.3, 0.4) is 0 Å². The topological polar surface area (TPSA) is 64.3 Å². The Labute approximate surface area is 95.8 Å². The summed E-state index contributed by atoms with van der Waals surface area (Å²) in [6, 6.07) is 7.42. The molecule has 0 bridgehead atoms. The third-order valence-corrected chi connectivity index (χ3v) is 2.52. The molecular weight excluding hydrogens is 204 g/mol. The van der Waals surface area contributed by atoms with Crippen molar-refractivity contribution in [2.75, 3.05) is 7.11 Å². The Morgan fingerprint density at radius 1 is 1.44 bits per heavy atom. The van der Waals surface area contributed by atoms with E-state index in [1.54, 1.807) is 14.0 Å². The average Bonchev–Trinajstić information content (AvgIpc) is 2.28. The van der Waals surface area contributed by atoms with Gasteiger partial charge in [-0.3, -0.25) is 10.1 Å². The van der Waals surface area contributed by atoms with E-state index in [9.17, 15) is 4.79 Å². The molecule has 2 unspecified atom stereocenters. The van der Waals surface area contributed by atoms with E-state index < -0.39 is 0 Å². The molecule has 0 saturated carbocycles. The van der Waals surface area contributed by atoms with E-state index in [2.05, 4.69) is 5.32 Å². The number of nitrogens with one attached hydrogen (secondary N) is 1. The third kappa shape index (κ3) is 3.24. The van der Waals surface area contributed by atoms with Crippen LogP contribution in [0, 0.1) is 0 Å². The maximum atomic E-state index is 10.9. The lowest BCUT2D eigenvalue weighted by Crippen LogP contribution is -2.39. The summed E-state index contributed by atoms with van der Waals surface area (Å²) in [6.45, 7) is 3.73. The van der Waals surface area contributed by atoms with Crippen molar-refractivity contribution < 1.29 is 9.53 Å². The molecule has 4 nitrogen and oxygen atoms in total. The molecule has 88 valence electrons. The van der Waals surface area contributed by atoms with Crippen LogP contribution in [-0.4, -0.2) is 19.1 Å². The molecule has 1 aromatic rings. The number of carbonyl (C=O) groups excluding carboxylic acids is 1. The van der Waals surface area contributed by atoms with Gasteiger partial charge in [-0.05, 0) is 31.5 Å². The predicted octanol–water partition coefficient (Wildman–Crippen LogP) is 1.22. The van der Waals surface area contributed by atoms with Gasteiger partial charge in [-0.25, -0.2) is 0 Å². The molecule has 0 aliphatic carbocycles. The van der Waals surface area contributed by atoms with Gasteiger partial charge in [-0.15, -0.1) is 0 Å². The minimum absolute atomic E-state index is 0.0533. The zero-order chi connectivity index (χ0) is 12.1. The molecule has 0 spiro atoms. The molecule has 3 N–H and O–H groups in total. The number of hydrogen-bond acceptors (Lipinski definition) is 3. The van der Waals surface area contributed by atoms with Gasteiger partial charge in [0.05, 0.1) is 13.2 Å². The molecule has 16 heavy (non-hydrogen) atoms. The largest absolute Gasteiger partial charge is 0.497 e. The second-order valence-electron chi connectivity index (χ2n) is 3.79. The van der Waals surface area contributed by atoms with E-state index in [4.69, 9.17) is 10.5 Å². The summed E-state index contributed by atoms with van der Waals surface area (Å²) in [5.74, 6) is 0.452. The Hall–Kier alpha value is -1.55. The van der Waals surface area contributed by atoms with Gasteiger partial charge in [0.25, 0.3) is 0 Å². The highest BCUT2D eigenvalue weighted by molar-refractivity contribution is 5.79. The highest BCUT2D eigenvalue weighted by Crippen LogP contribution is 2.18. The van der Waals surface area contributed by atoms with Crippen LogP contribution >= 0.6 is 0 Å². The molecule has 0 aromatic heterocycles. The Balaban J connectivity index is 2.72. The van der Waals surface area contributed by atoms with Gasteiger partial charge < -0.3 is 10.5 Å². The van der Waals surface area contributed by atoms with E-state index in [0.29, 0.717) is 0 Å².